The molecule has 0 radical (unpaired) electrons. The number of carbonyl (C=O) groups excluding carboxylic acids is 1. The molecule has 0 aromatic heterocycles. The first-order valence-corrected chi connectivity index (χ1v) is 5.86. The maximum absolute atomic E-state index is 11.6. The first kappa shape index (κ1) is 12.5. The molecule has 0 saturated carbocycles. The maximum Gasteiger partial charge on any atom is 0.341 e. The van der Waals surface area contributed by atoms with Crippen LogP contribution in [0.3, 0.4) is 0 Å². The molecule has 1 heterocycles. The molecule has 0 unspecified atom stereocenters. The lowest BCUT2D eigenvalue weighted by molar-refractivity contribution is 0.0523. The van der Waals surface area contributed by atoms with Gasteiger partial charge in [0.15, 0.2) is 0 Å². The Hall–Kier alpha value is -1.97. The van der Waals surface area contributed by atoms with E-state index in [0.29, 0.717) is 11.3 Å². The number of rotatable bonds is 2. The molecule has 18 heavy (non-hydrogen) atoms. The summed E-state index contributed by atoms with van der Waals surface area (Å²) in [7, 11) is 0. The van der Waals surface area contributed by atoms with Gasteiger partial charge in [-0.15, -0.1) is 0 Å². The molecule has 0 fully saturated rings. The van der Waals surface area contributed by atoms with Crippen LogP contribution in [0.4, 0.5) is 0 Å². The van der Waals surface area contributed by atoms with E-state index in [1.807, 2.05) is 19.9 Å². The van der Waals surface area contributed by atoms with Crippen LogP contribution in [-0.4, -0.2) is 23.3 Å². The van der Waals surface area contributed by atoms with Crippen LogP contribution in [0.2, 0.25) is 0 Å². The minimum absolute atomic E-state index is 0.0994. The predicted molar refractivity (Wildman–Crippen MR) is 67.8 cm³/mol. The van der Waals surface area contributed by atoms with Crippen LogP contribution < -0.4 is 4.74 Å². The van der Waals surface area contributed by atoms with Gasteiger partial charge in [-0.2, -0.15) is 0 Å². The molecule has 96 valence electrons. The van der Waals surface area contributed by atoms with Crippen molar-refractivity contribution >= 4 is 12.0 Å². The molecule has 0 atom stereocenters. The molecule has 1 aliphatic heterocycles. The summed E-state index contributed by atoms with van der Waals surface area (Å²) >= 11 is 0. The van der Waals surface area contributed by atoms with Gasteiger partial charge in [0.25, 0.3) is 0 Å². The fraction of sp³-hybridized carbons (Fsp3) is 0.357. The van der Waals surface area contributed by atoms with E-state index >= 15 is 0 Å². The third-order valence-electron chi connectivity index (χ3n) is 2.70. The maximum atomic E-state index is 11.6. The van der Waals surface area contributed by atoms with Crippen molar-refractivity contribution in [2.75, 3.05) is 6.61 Å². The molecule has 2 rings (SSSR count). The summed E-state index contributed by atoms with van der Waals surface area (Å²) in [5.41, 5.74) is 0.258. The second-order valence-electron chi connectivity index (χ2n) is 4.63. The van der Waals surface area contributed by atoms with Crippen molar-refractivity contribution in [3.05, 3.63) is 29.3 Å². The number of aromatic hydroxyl groups is 1. The van der Waals surface area contributed by atoms with E-state index in [4.69, 9.17) is 9.47 Å². The van der Waals surface area contributed by atoms with Crippen molar-refractivity contribution in [3.8, 4) is 11.5 Å². The lowest BCUT2D eigenvalue weighted by Gasteiger charge is -2.28. The van der Waals surface area contributed by atoms with Gasteiger partial charge in [-0.1, -0.05) is 0 Å². The zero-order valence-corrected chi connectivity index (χ0v) is 10.7. The summed E-state index contributed by atoms with van der Waals surface area (Å²) in [6, 6.07) is 3.19. The SMILES string of the molecule is CCOC(=O)c1ccc2c(c1O)C=CC(C)(C)O2. The lowest BCUT2D eigenvalue weighted by atomic mass is 9.99. The van der Waals surface area contributed by atoms with Gasteiger partial charge >= 0.3 is 5.97 Å². The normalized spacial score (nSPS) is 15.7. The minimum Gasteiger partial charge on any atom is -0.506 e. The van der Waals surface area contributed by atoms with E-state index in [-0.39, 0.29) is 17.9 Å². The number of phenolic OH excluding ortho intramolecular Hbond substituents is 1. The molecule has 0 saturated heterocycles. The minimum atomic E-state index is -0.531. The summed E-state index contributed by atoms with van der Waals surface area (Å²) < 4.78 is 10.6. The fourth-order valence-electron chi connectivity index (χ4n) is 1.81. The van der Waals surface area contributed by atoms with Crippen molar-refractivity contribution in [1.82, 2.24) is 0 Å². The van der Waals surface area contributed by atoms with E-state index in [1.54, 1.807) is 19.1 Å². The van der Waals surface area contributed by atoms with Gasteiger partial charge < -0.3 is 14.6 Å². The van der Waals surface area contributed by atoms with Gasteiger partial charge in [0.2, 0.25) is 0 Å². The van der Waals surface area contributed by atoms with Crippen molar-refractivity contribution in [2.45, 2.75) is 26.4 Å². The Bertz CT molecular complexity index is 515. The smallest absolute Gasteiger partial charge is 0.341 e. The Balaban J connectivity index is 2.43. The molecule has 4 heteroatoms. The van der Waals surface area contributed by atoms with E-state index in [0.717, 1.165) is 0 Å². The zero-order valence-electron chi connectivity index (χ0n) is 10.7. The summed E-state index contributed by atoms with van der Waals surface area (Å²) in [6.45, 7) is 5.83. The number of esters is 1. The first-order chi connectivity index (χ1) is 8.44. The predicted octanol–water partition coefficient (Wildman–Crippen LogP) is 2.75. The van der Waals surface area contributed by atoms with Crippen molar-refractivity contribution < 1.29 is 19.4 Å². The number of carbonyl (C=O) groups is 1. The molecule has 0 bridgehead atoms. The van der Waals surface area contributed by atoms with Crippen LogP contribution in [0.1, 0.15) is 36.7 Å². The third-order valence-corrected chi connectivity index (χ3v) is 2.70. The molecule has 0 aliphatic carbocycles. The highest BCUT2D eigenvalue weighted by Crippen LogP contribution is 2.38. The average Bonchev–Trinajstić information content (AvgIpc) is 2.28. The van der Waals surface area contributed by atoms with E-state index < -0.39 is 11.6 Å². The number of phenols is 1. The Morgan fingerprint density at radius 1 is 1.44 bits per heavy atom. The Morgan fingerprint density at radius 3 is 2.83 bits per heavy atom. The molecule has 1 N–H and O–H groups in total. The van der Waals surface area contributed by atoms with Gasteiger partial charge in [0.05, 0.1) is 12.2 Å². The highest BCUT2D eigenvalue weighted by molar-refractivity contribution is 5.94. The Kier molecular flexibility index (Phi) is 3.03. The highest BCUT2D eigenvalue weighted by atomic mass is 16.5. The highest BCUT2D eigenvalue weighted by Gasteiger charge is 2.26. The van der Waals surface area contributed by atoms with Crippen LogP contribution in [0.5, 0.6) is 11.5 Å². The number of hydrogen-bond acceptors (Lipinski definition) is 4. The largest absolute Gasteiger partial charge is 0.506 e. The van der Waals surface area contributed by atoms with Gasteiger partial charge in [-0.3, -0.25) is 0 Å². The molecule has 1 aliphatic rings. The van der Waals surface area contributed by atoms with Gasteiger partial charge in [0.1, 0.15) is 22.7 Å². The number of fused-ring (bicyclic) bond motifs is 1. The van der Waals surface area contributed by atoms with Crippen molar-refractivity contribution in [3.63, 3.8) is 0 Å². The lowest BCUT2D eigenvalue weighted by Crippen LogP contribution is -2.27. The summed E-state index contributed by atoms with van der Waals surface area (Å²) in [5, 5.41) is 10.1. The monoisotopic (exact) mass is 248 g/mol. The number of ether oxygens (including phenoxy) is 2. The second-order valence-corrected chi connectivity index (χ2v) is 4.63. The second kappa shape index (κ2) is 4.37. The number of hydrogen-bond donors (Lipinski definition) is 1. The van der Waals surface area contributed by atoms with Crippen LogP contribution >= 0.6 is 0 Å². The zero-order chi connectivity index (χ0) is 13.3. The van der Waals surface area contributed by atoms with Gasteiger partial charge in [-0.25, -0.2) is 4.79 Å². The molecule has 4 nitrogen and oxygen atoms in total. The first-order valence-electron chi connectivity index (χ1n) is 5.86. The average molecular weight is 248 g/mol. The Labute approximate surface area is 106 Å². The molecular formula is C14H16O4. The Morgan fingerprint density at radius 2 is 2.17 bits per heavy atom. The summed E-state index contributed by atoms with van der Waals surface area (Å²) in [5.74, 6) is -0.0678. The van der Waals surface area contributed by atoms with Crippen molar-refractivity contribution in [1.29, 1.82) is 0 Å². The van der Waals surface area contributed by atoms with Crippen LogP contribution in [0.25, 0.3) is 6.08 Å². The molecule has 1 aromatic rings. The molecule has 0 amide bonds. The fourth-order valence-corrected chi connectivity index (χ4v) is 1.81. The van der Waals surface area contributed by atoms with Crippen LogP contribution in [0, 0.1) is 0 Å². The summed E-state index contributed by atoms with van der Waals surface area (Å²) in [4.78, 5) is 11.6. The van der Waals surface area contributed by atoms with Gasteiger partial charge in [-0.05, 0) is 45.1 Å². The molecule has 0 spiro atoms. The van der Waals surface area contributed by atoms with E-state index in [9.17, 15) is 9.90 Å². The standard InChI is InChI=1S/C14H16O4/c1-4-17-13(16)10-5-6-11-9(12(10)15)7-8-14(2,3)18-11/h5-8,15H,4H2,1-3H3. The van der Waals surface area contributed by atoms with E-state index in [1.165, 1.54) is 6.07 Å². The van der Waals surface area contributed by atoms with Crippen molar-refractivity contribution in [2.24, 2.45) is 0 Å². The topological polar surface area (TPSA) is 55.8 Å². The van der Waals surface area contributed by atoms with Crippen LogP contribution in [-0.2, 0) is 4.74 Å². The molecule has 1 aromatic carbocycles. The summed E-state index contributed by atoms with van der Waals surface area (Å²) in [6.07, 6.45) is 3.60. The number of benzene rings is 1. The van der Waals surface area contributed by atoms with E-state index in [2.05, 4.69) is 0 Å². The molecular weight excluding hydrogens is 232 g/mol. The van der Waals surface area contributed by atoms with Gasteiger partial charge in [0, 0.05) is 0 Å². The van der Waals surface area contributed by atoms with Crippen LogP contribution in [0.15, 0.2) is 18.2 Å². The quantitative estimate of drug-likeness (QED) is 0.818. The third kappa shape index (κ3) is 2.18.